The van der Waals surface area contributed by atoms with Crippen LogP contribution in [0.5, 0.6) is 0 Å². The molecule has 0 saturated carbocycles. The van der Waals surface area contributed by atoms with Crippen LogP contribution in [-0.2, 0) is 16.0 Å². The quantitative estimate of drug-likeness (QED) is 0.626. The second-order valence-electron chi connectivity index (χ2n) is 7.16. The number of aliphatic hydroxyl groups is 1. The number of carbonyl (C=O) groups excluding carboxylic acids is 2. The molecule has 1 aliphatic heterocycles. The second-order valence-corrected chi connectivity index (χ2v) is 7.16. The molecule has 1 aromatic heterocycles. The van der Waals surface area contributed by atoms with E-state index in [0.717, 1.165) is 12.0 Å². The minimum atomic E-state index is -0.522. The van der Waals surface area contributed by atoms with Gasteiger partial charge in [-0.2, -0.15) is 0 Å². The maximum absolute atomic E-state index is 12.4. The van der Waals surface area contributed by atoms with Gasteiger partial charge in [-0.25, -0.2) is 0 Å². The number of pyridine rings is 1. The topological polar surface area (TPSA) is 101 Å². The lowest BCUT2D eigenvalue weighted by Gasteiger charge is -2.36. The van der Waals surface area contributed by atoms with Crippen LogP contribution in [0.4, 0.5) is 0 Å². The monoisotopic (exact) mass is 397 g/mol. The highest BCUT2D eigenvalue weighted by molar-refractivity contribution is 5.94. The highest BCUT2D eigenvalue weighted by Crippen LogP contribution is 2.22. The number of amides is 2. The van der Waals surface area contributed by atoms with Gasteiger partial charge in [0.05, 0.1) is 25.2 Å². The van der Waals surface area contributed by atoms with E-state index in [1.54, 1.807) is 36.7 Å². The molecule has 2 heterocycles. The van der Waals surface area contributed by atoms with Gasteiger partial charge >= 0.3 is 0 Å². The molecule has 3 rings (SSSR count). The van der Waals surface area contributed by atoms with Crippen LogP contribution in [-0.4, -0.2) is 53.3 Å². The number of rotatable bonds is 8. The van der Waals surface area contributed by atoms with Crippen LogP contribution in [0.1, 0.15) is 35.2 Å². The fourth-order valence-corrected chi connectivity index (χ4v) is 3.46. The van der Waals surface area contributed by atoms with Gasteiger partial charge in [-0.3, -0.25) is 14.6 Å². The van der Waals surface area contributed by atoms with E-state index in [2.05, 4.69) is 15.6 Å². The number of hydrogen-bond acceptors (Lipinski definition) is 5. The maximum Gasteiger partial charge on any atom is 0.251 e. The molecule has 3 atom stereocenters. The summed E-state index contributed by atoms with van der Waals surface area (Å²) in [6, 6.07) is 12.5. The first-order valence-electron chi connectivity index (χ1n) is 9.93. The normalized spacial score (nSPS) is 21.3. The standard InChI is InChI=1S/C22H27N3O4/c26-15-20-19(25-22(28)17-4-2-1-3-5-17)7-6-18(29-20)14-21(27)24-13-10-16-8-11-23-12-9-16/h1-5,8-9,11-12,18-20,26H,6-7,10,13-15H2,(H,24,27)(H,25,28)/t18-,19-,20+/m0/s1. The fourth-order valence-electron chi connectivity index (χ4n) is 3.46. The molecular formula is C22H27N3O4. The molecule has 29 heavy (non-hydrogen) atoms. The van der Waals surface area contributed by atoms with Crippen LogP contribution in [0.2, 0.25) is 0 Å². The second kappa shape index (κ2) is 10.7. The summed E-state index contributed by atoms with van der Waals surface area (Å²) in [6.45, 7) is 0.342. The first-order chi connectivity index (χ1) is 14.2. The van der Waals surface area contributed by atoms with E-state index in [1.165, 1.54) is 0 Å². The van der Waals surface area contributed by atoms with Crippen LogP contribution in [0.15, 0.2) is 54.9 Å². The lowest BCUT2D eigenvalue weighted by Crippen LogP contribution is -2.51. The summed E-state index contributed by atoms with van der Waals surface area (Å²) in [4.78, 5) is 28.5. The number of aliphatic hydroxyl groups excluding tert-OH is 1. The fraction of sp³-hybridized carbons (Fsp3) is 0.409. The van der Waals surface area contributed by atoms with Gasteiger partial charge in [0.25, 0.3) is 5.91 Å². The van der Waals surface area contributed by atoms with Gasteiger partial charge in [0.15, 0.2) is 0 Å². The molecule has 0 radical (unpaired) electrons. The van der Waals surface area contributed by atoms with E-state index in [1.807, 2.05) is 18.2 Å². The van der Waals surface area contributed by atoms with Crippen molar-refractivity contribution in [1.29, 1.82) is 0 Å². The smallest absolute Gasteiger partial charge is 0.251 e. The van der Waals surface area contributed by atoms with Gasteiger partial charge in [-0.15, -0.1) is 0 Å². The van der Waals surface area contributed by atoms with Crippen molar-refractivity contribution in [3.8, 4) is 0 Å². The summed E-state index contributed by atoms with van der Waals surface area (Å²) in [5.74, 6) is -0.266. The van der Waals surface area contributed by atoms with Crippen molar-refractivity contribution < 1.29 is 19.4 Å². The van der Waals surface area contributed by atoms with Gasteiger partial charge in [0, 0.05) is 24.5 Å². The predicted octanol–water partition coefficient (Wildman–Crippen LogP) is 1.47. The number of hydrogen-bond donors (Lipinski definition) is 3. The maximum atomic E-state index is 12.4. The van der Waals surface area contributed by atoms with Crippen LogP contribution < -0.4 is 10.6 Å². The number of nitrogens with zero attached hydrogens (tertiary/aromatic N) is 1. The van der Waals surface area contributed by atoms with E-state index in [-0.39, 0.29) is 37.0 Å². The van der Waals surface area contributed by atoms with Gasteiger partial charge in [0.1, 0.15) is 6.10 Å². The van der Waals surface area contributed by atoms with Crippen LogP contribution >= 0.6 is 0 Å². The Balaban J connectivity index is 1.42. The average molecular weight is 397 g/mol. The molecule has 2 amide bonds. The molecule has 1 saturated heterocycles. The highest BCUT2D eigenvalue weighted by Gasteiger charge is 2.32. The van der Waals surface area contributed by atoms with Crippen LogP contribution in [0.3, 0.4) is 0 Å². The van der Waals surface area contributed by atoms with Crippen molar-refractivity contribution >= 4 is 11.8 Å². The molecule has 0 spiro atoms. The third-order valence-corrected chi connectivity index (χ3v) is 5.05. The number of ether oxygens (including phenoxy) is 1. The Bertz CT molecular complexity index is 785. The zero-order valence-corrected chi connectivity index (χ0v) is 16.3. The third kappa shape index (κ3) is 6.37. The van der Waals surface area contributed by atoms with Crippen LogP contribution in [0.25, 0.3) is 0 Å². The summed E-state index contributed by atoms with van der Waals surface area (Å²) in [7, 11) is 0. The number of aromatic nitrogens is 1. The number of nitrogens with one attached hydrogen (secondary N) is 2. The van der Waals surface area contributed by atoms with E-state index in [9.17, 15) is 14.7 Å². The van der Waals surface area contributed by atoms with Crippen molar-refractivity contribution in [1.82, 2.24) is 15.6 Å². The zero-order chi connectivity index (χ0) is 20.5. The highest BCUT2D eigenvalue weighted by atomic mass is 16.5. The van der Waals surface area contributed by atoms with E-state index in [4.69, 9.17) is 4.74 Å². The van der Waals surface area contributed by atoms with E-state index in [0.29, 0.717) is 24.9 Å². The first-order valence-corrected chi connectivity index (χ1v) is 9.93. The molecular weight excluding hydrogens is 370 g/mol. The minimum Gasteiger partial charge on any atom is -0.394 e. The Morgan fingerprint density at radius 2 is 1.86 bits per heavy atom. The SMILES string of the molecule is O=C(C[C@@H]1CC[C@H](NC(=O)c2ccccc2)[C@@H](CO)O1)NCCc1ccncc1. The first kappa shape index (κ1) is 21.0. The summed E-state index contributed by atoms with van der Waals surface area (Å²) in [5, 5.41) is 15.5. The van der Waals surface area contributed by atoms with Gasteiger partial charge in [0.2, 0.25) is 5.91 Å². The molecule has 2 aromatic rings. The Labute approximate surface area is 170 Å². The Kier molecular flexibility index (Phi) is 7.72. The van der Waals surface area contributed by atoms with Gasteiger partial charge in [-0.05, 0) is 49.1 Å². The molecule has 0 aliphatic carbocycles. The molecule has 1 fully saturated rings. The van der Waals surface area contributed by atoms with Gasteiger partial charge < -0.3 is 20.5 Å². The summed E-state index contributed by atoms with van der Waals surface area (Å²) >= 11 is 0. The third-order valence-electron chi connectivity index (χ3n) is 5.05. The minimum absolute atomic E-state index is 0.0764. The number of carbonyl (C=O) groups is 2. The van der Waals surface area contributed by atoms with Crippen molar-refractivity contribution in [3.05, 3.63) is 66.0 Å². The molecule has 1 aromatic carbocycles. The van der Waals surface area contributed by atoms with Crippen molar-refractivity contribution in [2.75, 3.05) is 13.2 Å². The summed E-state index contributed by atoms with van der Waals surface area (Å²) in [5.41, 5.74) is 1.69. The molecule has 1 aliphatic rings. The number of benzene rings is 1. The Hall–Kier alpha value is -2.77. The summed E-state index contributed by atoms with van der Waals surface area (Å²) in [6.07, 6.45) is 4.96. The lowest BCUT2D eigenvalue weighted by atomic mass is 9.96. The molecule has 7 heteroatoms. The predicted molar refractivity (Wildman–Crippen MR) is 108 cm³/mol. The zero-order valence-electron chi connectivity index (χ0n) is 16.3. The Morgan fingerprint density at radius 3 is 2.59 bits per heavy atom. The van der Waals surface area contributed by atoms with Crippen molar-refractivity contribution in [2.45, 2.75) is 43.9 Å². The molecule has 0 bridgehead atoms. The molecule has 7 nitrogen and oxygen atoms in total. The van der Waals surface area contributed by atoms with E-state index >= 15 is 0 Å². The molecule has 3 N–H and O–H groups in total. The molecule has 154 valence electrons. The Morgan fingerprint density at radius 1 is 1.10 bits per heavy atom. The van der Waals surface area contributed by atoms with Crippen LogP contribution in [0, 0.1) is 0 Å². The van der Waals surface area contributed by atoms with Crippen molar-refractivity contribution in [3.63, 3.8) is 0 Å². The van der Waals surface area contributed by atoms with Gasteiger partial charge in [-0.1, -0.05) is 18.2 Å². The largest absolute Gasteiger partial charge is 0.394 e. The molecule has 0 unspecified atom stereocenters. The van der Waals surface area contributed by atoms with Crippen molar-refractivity contribution in [2.24, 2.45) is 0 Å². The lowest BCUT2D eigenvalue weighted by molar-refractivity contribution is -0.130. The van der Waals surface area contributed by atoms with E-state index < -0.39 is 6.10 Å². The summed E-state index contributed by atoms with van der Waals surface area (Å²) < 4.78 is 5.89. The average Bonchev–Trinajstić information content (AvgIpc) is 2.76.